The number of halogens is 1. The quantitative estimate of drug-likeness (QED) is 0.419. The molecule has 0 spiro atoms. The molecule has 2 N–H and O–H groups in total. The van der Waals surface area contributed by atoms with Crippen LogP contribution in [0.3, 0.4) is 0 Å². The molecule has 0 heterocycles. The van der Waals surface area contributed by atoms with Gasteiger partial charge in [0, 0.05) is 26.3 Å². The van der Waals surface area contributed by atoms with E-state index < -0.39 is 0 Å². The lowest BCUT2D eigenvalue weighted by atomic mass is 10.1. The fourth-order valence-electron chi connectivity index (χ4n) is 1.93. The molecule has 0 atom stereocenters. The van der Waals surface area contributed by atoms with Crippen molar-refractivity contribution in [3.05, 3.63) is 35.1 Å². The number of aryl methyl sites for hydroxylation is 1. The Hall–Kier alpha value is -1.62. The number of nitrogens with zero attached hydrogens (tertiary/aromatic N) is 1. The molecule has 1 rings (SSSR count). The van der Waals surface area contributed by atoms with E-state index in [4.69, 9.17) is 4.74 Å². The lowest BCUT2D eigenvalue weighted by molar-refractivity contribution is 0.143. The monoisotopic (exact) mass is 309 g/mol. The largest absolute Gasteiger partial charge is 0.382 e. The second kappa shape index (κ2) is 11.0. The minimum atomic E-state index is -0.179. The fraction of sp³-hybridized carbons (Fsp3) is 0.588. The van der Waals surface area contributed by atoms with Crippen LogP contribution in [0.5, 0.6) is 0 Å². The highest BCUT2D eigenvalue weighted by Crippen LogP contribution is 2.09. The Balaban J connectivity index is 2.42. The Morgan fingerprint density at radius 2 is 2.05 bits per heavy atom. The molecular formula is C17H28FN3O. The van der Waals surface area contributed by atoms with E-state index in [2.05, 4.69) is 15.6 Å². The van der Waals surface area contributed by atoms with Gasteiger partial charge in [0.2, 0.25) is 0 Å². The minimum absolute atomic E-state index is 0.179. The summed E-state index contributed by atoms with van der Waals surface area (Å²) in [5.74, 6) is 0.585. The van der Waals surface area contributed by atoms with Crippen LogP contribution in [0, 0.1) is 12.7 Å². The number of aliphatic imine (C=N–C) groups is 1. The molecule has 0 unspecified atom stereocenters. The van der Waals surface area contributed by atoms with Crippen molar-refractivity contribution >= 4 is 5.96 Å². The van der Waals surface area contributed by atoms with Gasteiger partial charge in [0.05, 0.1) is 6.54 Å². The topological polar surface area (TPSA) is 45.7 Å². The summed E-state index contributed by atoms with van der Waals surface area (Å²) in [6.07, 6.45) is 2.06. The highest BCUT2D eigenvalue weighted by atomic mass is 19.1. The standard InChI is InChI=1S/C17H28FN3O/c1-4-19-17(20-10-6-7-11-22-5-2)21-13-15-9-8-14(3)16(18)12-15/h8-9,12H,4-7,10-11,13H2,1-3H3,(H2,19,20,21). The van der Waals surface area contributed by atoms with Crippen LogP contribution in [0.2, 0.25) is 0 Å². The average molecular weight is 309 g/mol. The van der Waals surface area contributed by atoms with Gasteiger partial charge in [0.1, 0.15) is 5.82 Å². The Labute approximate surface area is 133 Å². The number of guanidine groups is 1. The fourth-order valence-corrected chi connectivity index (χ4v) is 1.93. The summed E-state index contributed by atoms with van der Waals surface area (Å²) < 4.78 is 18.8. The van der Waals surface area contributed by atoms with Crippen molar-refractivity contribution in [1.82, 2.24) is 10.6 Å². The van der Waals surface area contributed by atoms with E-state index in [1.54, 1.807) is 19.1 Å². The Morgan fingerprint density at radius 3 is 2.73 bits per heavy atom. The lowest BCUT2D eigenvalue weighted by Gasteiger charge is -2.11. The van der Waals surface area contributed by atoms with Crippen LogP contribution in [0.25, 0.3) is 0 Å². The van der Waals surface area contributed by atoms with Crippen LogP contribution in [-0.4, -0.2) is 32.3 Å². The number of unbranched alkanes of at least 4 members (excludes halogenated alkanes) is 1. The van der Waals surface area contributed by atoms with Crippen molar-refractivity contribution in [2.75, 3.05) is 26.3 Å². The van der Waals surface area contributed by atoms with E-state index in [-0.39, 0.29) is 5.82 Å². The van der Waals surface area contributed by atoms with Gasteiger partial charge in [-0.2, -0.15) is 0 Å². The molecule has 0 aliphatic heterocycles. The Morgan fingerprint density at radius 1 is 1.23 bits per heavy atom. The van der Waals surface area contributed by atoms with Crippen LogP contribution in [0.1, 0.15) is 37.8 Å². The number of benzene rings is 1. The number of nitrogens with one attached hydrogen (secondary N) is 2. The maximum absolute atomic E-state index is 13.5. The van der Waals surface area contributed by atoms with Crippen LogP contribution in [0.4, 0.5) is 4.39 Å². The first-order valence-corrected chi connectivity index (χ1v) is 8.02. The predicted octanol–water partition coefficient (Wildman–Crippen LogP) is 3.01. The average Bonchev–Trinajstić information content (AvgIpc) is 2.51. The predicted molar refractivity (Wildman–Crippen MR) is 89.7 cm³/mol. The summed E-state index contributed by atoms with van der Waals surface area (Å²) in [5, 5.41) is 6.48. The van der Waals surface area contributed by atoms with E-state index in [1.807, 2.05) is 19.9 Å². The second-order valence-corrected chi connectivity index (χ2v) is 5.11. The van der Waals surface area contributed by atoms with Crippen molar-refractivity contribution in [1.29, 1.82) is 0 Å². The smallest absolute Gasteiger partial charge is 0.191 e. The molecule has 0 fully saturated rings. The van der Waals surface area contributed by atoms with E-state index >= 15 is 0 Å². The van der Waals surface area contributed by atoms with Crippen LogP contribution < -0.4 is 10.6 Å². The molecule has 0 amide bonds. The molecule has 1 aromatic rings. The van der Waals surface area contributed by atoms with Crippen molar-refractivity contribution in [2.24, 2.45) is 4.99 Å². The van der Waals surface area contributed by atoms with Gasteiger partial charge < -0.3 is 15.4 Å². The Kier molecular flexibility index (Phi) is 9.23. The summed E-state index contributed by atoms with van der Waals surface area (Å²) >= 11 is 0. The summed E-state index contributed by atoms with van der Waals surface area (Å²) in [6, 6.07) is 5.24. The van der Waals surface area contributed by atoms with Crippen molar-refractivity contribution in [3.63, 3.8) is 0 Å². The van der Waals surface area contributed by atoms with Gasteiger partial charge in [0.15, 0.2) is 5.96 Å². The molecular weight excluding hydrogens is 281 g/mol. The first kappa shape index (κ1) is 18.4. The summed E-state index contributed by atoms with van der Waals surface area (Å²) in [7, 11) is 0. The van der Waals surface area contributed by atoms with Gasteiger partial charge in [-0.1, -0.05) is 12.1 Å². The van der Waals surface area contributed by atoms with E-state index in [9.17, 15) is 4.39 Å². The molecule has 5 heteroatoms. The number of rotatable bonds is 9. The zero-order chi connectivity index (χ0) is 16.2. The van der Waals surface area contributed by atoms with Gasteiger partial charge >= 0.3 is 0 Å². The van der Waals surface area contributed by atoms with E-state index in [1.165, 1.54) is 0 Å². The molecule has 22 heavy (non-hydrogen) atoms. The molecule has 0 aliphatic carbocycles. The molecule has 124 valence electrons. The highest BCUT2D eigenvalue weighted by molar-refractivity contribution is 5.79. The SMILES string of the molecule is CCNC(=NCc1ccc(C)c(F)c1)NCCCCOCC. The van der Waals surface area contributed by atoms with Gasteiger partial charge in [0.25, 0.3) is 0 Å². The highest BCUT2D eigenvalue weighted by Gasteiger charge is 2.00. The molecule has 0 aromatic heterocycles. The van der Waals surface area contributed by atoms with Crippen molar-refractivity contribution in [2.45, 2.75) is 40.2 Å². The maximum Gasteiger partial charge on any atom is 0.191 e. The first-order chi connectivity index (χ1) is 10.7. The third-order valence-corrected chi connectivity index (χ3v) is 3.21. The molecule has 4 nitrogen and oxygen atoms in total. The minimum Gasteiger partial charge on any atom is -0.382 e. The van der Waals surface area contributed by atoms with Crippen LogP contribution in [0.15, 0.2) is 23.2 Å². The summed E-state index contributed by atoms with van der Waals surface area (Å²) in [6.45, 7) is 9.47. The van der Waals surface area contributed by atoms with Gasteiger partial charge in [-0.3, -0.25) is 0 Å². The lowest BCUT2D eigenvalue weighted by Crippen LogP contribution is -2.37. The number of hydrogen-bond donors (Lipinski definition) is 2. The van der Waals surface area contributed by atoms with Gasteiger partial charge in [-0.05, 0) is 50.8 Å². The zero-order valence-corrected chi connectivity index (χ0v) is 13.9. The normalized spacial score (nSPS) is 11.5. The second-order valence-electron chi connectivity index (χ2n) is 5.11. The van der Waals surface area contributed by atoms with E-state index in [0.717, 1.165) is 50.7 Å². The van der Waals surface area contributed by atoms with Gasteiger partial charge in [-0.25, -0.2) is 9.38 Å². The maximum atomic E-state index is 13.5. The molecule has 0 aliphatic rings. The summed E-state index contributed by atoms with van der Waals surface area (Å²) in [4.78, 5) is 4.48. The van der Waals surface area contributed by atoms with Crippen molar-refractivity contribution < 1.29 is 9.13 Å². The van der Waals surface area contributed by atoms with E-state index in [0.29, 0.717) is 12.1 Å². The van der Waals surface area contributed by atoms with Crippen LogP contribution >= 0.6 is 0 Å². The number of ether oxygens (including phenoxy) is 1. The van der Waals surface area contributed by atoms with Gasteiger partial charge in [-0.15, -0.1) is 0 Å². The van der Waals surface area contributed by atoms with Crippen LogP contribution in [-0.2, 0) is 11.3 Å². The molecule has 1 aromatic carbocycles. The molecule has 0 radical (unpaired) electrons. The third kappa shape index (κ3) is 7.41. The Bertz CT molecular complexity index is 463. The zero-order valence-electron chi connectivity index (χ0n) is 13.9. The number of hydrogen-bond acceptors (Lipinski definition) is 2. The van der Waals surface area contributed by atoms with Crippen molar-refractivity contribution in [3.8, 4) is 0 Å². The summed E-state index contributed by atoms with van der Waals surface area (Å²) in [5.41, 5.74) is 1.53. The molecule has 0 bridgehead atoms. The third-order valence-electron chi connectivity index (χ3n) is 3.21. The first-order valence-electron chi connectivity index (χ1n) is 8.02. The molecule has 0 saturated heterocycles. The molecule has 0 saturated carbocycles.